The smallest absolute Gasteiger partial charge is 0.265 e. The first-order chi connectivity index (χ1) is 11.3. The Morgan fingerprint density at radius 3 is 2.54 bits per heavy atom. The Hall–Kier alpha value is -2.02. The van der Waals surface area contributed by atoms with Crippen molar-refractivity contribution < 1.29 is 8.42 Å². The summed E-state index contributed by atoms with van der Waals surface area (Å²) >= 11 is 4.02. The molecule has 0 saturated carbocycles. The molecule has 3 rings (SSSR count). The Labute approximate surface area is 148 Å². The van der Waals surface area contributed by atoms with Crippen LogP contribution in [0, 0.1) is 6.92 Å². The fraction of sp³-hybridized carbons (Fsp3) is 0.0833. The van der Waals surface area contributed by atoms with Crippen LogP contribution in [0.2, 0.25) is 0 Å². The number of nitrogens with zero attached hydrogens (tertiary/aromatic N) is 5. The van der Waals surface area contributed by atoms with Crippen molar-refractivity contribution in [1.82, 2.24) is 14.6 Å². The van der Waals surface area contributed by atoms with Crippen molar-refractivity contribution in [3.8, 4) is 0 Å². The summed E-state index contributed by atoms with van der Waals surface area (Å²) in [7, 11) is -4.02. The van der Waals surface area contributed by atoms with E-state index in [1.807, 2.05) is 0 Å². The van der Waals surface area contributed by atoms with Gasteiger partial charge < -0.3 is 0 Å². The van der Waals surface area contributed by atoms with E-state index in [0.717, 1.165) is 8.99 Å². The van der Waals surface area contributed by atoms with Gasteiger partial charge in [0.1, 0.15) is 0 Å². The van der Waals surface area contributed by atoms with Crippen LogP contribution in [0.1, 0.15) is 5.69 Å². The third-order valence-electron chi connectivity index (χ3n) is 2.88. The van der Waals surface area contributed by atoms with Gasteiger partial charge in [-0.25, -0.2) is 18.5 Å². The molecule has 0 unspecified atom stereocenters. The highest BCUT2D eigenvalue weighted by Crippen LogP contribution is 2.22. The lowest BCUT2D eigenvalue weighted by Gasteiger charge is -1.98. The van der Waals surface area contributed by atoms with E-state index in [2.05, 4.69) is 36.2 Å². The average molecular weight is 429 g/mol. The van der Waals surface area contributed by atoms with Crippen molar-refractivity contribution in [2.75, 3.05) is 0 Å². The molecule has 3 aromatic rings. The summed E-state index contributed by atoms with van der Waals surface area (Å²) in [6.07, 6.45) is 0. The minimum absolute atomic E-state index is 0.0262. The zero-order chi connectivity index (χ0) is 17.5. The number of hydrogen-bond donors (Lipinski definition) is 1. The molecule has 0 bridgehead atoms. The van der Waals surface area contributed by atoms with E-state index >= 15 is 0 Å². The van der Waals surface area contributed by atoms with Gasteiger partial charge in [-0.05, 0) is 31.2 Å². The van der Waals surface area contributed by atoms with Crippen LogP contribution in [0.3, 0.4) is 0 Å². The van der Waals surface area contributed by atoms with Crippen molar-refractivity contribution in [3.63, 3.8) is 0 Å². The molecule has 2 aromatic heterocycles. The normalized spacial score (nSPS) is 12.3. The number of benzene rings is 1. The quantitative estimate of drug-likeness (QED) is 0.638. The van der Waals surface area contributed by atoms with E-state index in [4.69, 9.17) is 5.14 Å². The molecule has 0 saturated heterocycles. The third-order valence-corrected chi connectivity index (χ3v) is 5.63. The zero-order valence-corrected chi connectivity index (χ0v) is 15.3. The Morgan fingerprint density at radius 2 is 1.92 bits per heavy atom. The summed E-state index contributed by atoms with van der Waals surface area (Å²) in [6, 6.07) is 7.01. The van der Waals surface area contributed by atoms with E-state index in [-0.39, 0.29) is 10.6 Å². The number of halogens is 1. The summed E-state index contributed by atoms with van der Waals surface area (Å²) in [6.45, 7) is 1.58. The molecule has 9 nitrogen and oxygen atoms in total. The van der Waals surface area contributed by atoms with Gasteiger partial charge in [-0.3, -0.25) is 4.79 Å². The molecule has 0 atom stereocenters. The second-order valence-corrected chi connectivity index (χ2v) is 8.24. The van der Waals surface area contributed by atoms with Crippen LogP contribution >= 0.6 is 27.3 Å². The van der Waals surface area contributed by atoms with E-state index in [0.29, 0.717) is 22.7 Å². The van der Waals surface area contributed by atoms with E-state index in [1.54, 1.807) is 31.2 Å². The number of sulfonamides is 1. The molecule has 0 spiro atoms. The lowest BCUT2D eigenvalue weighted by molar-refractivity contribution is 0.594. The highest BCUT2D eigenvalue weighted by Gasteiger charge is 2.19. The summed E-state index contributed by atoms with van der Waals surface area (Å²) in [4.78, 5) is 16.7. The average Bonchev–Trinajstić information content (AvgIpc) is 2.93. The number of fused-ring (bicyclic) bond motifs is 1. The van der Waals surface area contributed by atoms with Crippen LogP contribution in [-0.4, -0.2) is 23.0 Å². The van der Waals surface area contributed by atoms with Gasteiger partial charge in [-0.15, -0.1) is 10.2 Å². The van der Waals surface area contributed by atoms with Gasteiger partial charge in [0.25, 0.3) is 10.0 Å². The first kappa shape index (κ1) is 16.8. The number of nitrogens with two attached hydrogens (primary N) is 1. The van der Waals surface area contributed by atoms with Gasteiger partial charge in [0, 0.05) is 4.47 Å². The number of primary sulfonamides is 1. The molecule has 2 heterocycles. The van der Waals surface area contributed by atoms with Crippen molar-refractivity contribution >= 4 is 53.6 Å². The molecule has 0 amide bonds. The zero-order valence-electron chi connectivity index (χ0n) is 12.0. The Balaban J connectivity index is 2.11. The summed E-state index contributed by atoms with van der Waals surface area (Å²) in [5, 5.41) is 16.6. The van der Waals surface area contributed by atoms with Crippen molar-refractivity contribution in [1.29, 1.82) is 0 Å². The lowest BCUT2D eigenvalue weighted by Crippen LogP contribution is -2.17. The Morgan fingerprint density at radius 1 is 1.25 bits per heavy atom. The van der Waals surface area contributed by atoms with E-state index in [1.165, 1.54) is 0 Å². The number of aromatic nitrogens is 3. The molecule has 124 valence electrons. The maximum absolute atomic E-state index is 12.4. The minimum Gasteiger partial charge on any atom is -0.265 e. The maximum Gasteiger partial charge on any atom is 0.303 e. The number of aryl methyl sites for hydroxylation is 1. The largest absolute Gasteiger partial charge is 0.303 e. The fourth-order valence-corrected chi connectivity index (χ4v) is 3.59. The molecule has 1 aromatic carbocycles. The van der Waals surface area contributed by atoms with Gasteiger partial charge in [0.2, 0.25) is 9.30 Å². The highest BCUT2D eigenvalue weighted by molar-refractivity contribution is 9.10. The number of hydrogen-bond acceptors (Lipinski definition) is 8. The molecular weight excluding hydrogens is 420 g/mol. The Kier molecular flexibility index (Phi) is 4.29. The van der Waals surface area contributed by atoms with Crippen molar-refractivity contribution in [2.24, 2.45) is 15.4 Å². The van der Waals surface area contributed by atoms with E-state index < -0.39 is 19.9 Å². The van der Waals surface area contributed by atoms with Crippen molar-refractivity contribution in [3.05, 3.63) is 44.8 Å². The molecule has 12 heteroatoms. The van der Waals surface area contributed by atoms with Crippen LogP contribution in [-0.2, 0) is 10.0 Å². The summed E-state index contributed by atoms with van der Waals surface area (Å²) in [5.74, 6) is 0. The lowest BCUT2D eigenvalue weighted by atomic mass is 10.3. The van der Waals surface area contributed by atoms with Crippen molar-refractivity contribution in [2.45, 2.75) is 11.3 Å². The monoisotopic (exact) mass is 428 g/mol. The van der Waals surface area contributed by atoms with Gasteiger partial charge in [-0.1, -0.05) is 27.3 Å². The van der Waals surface area contributed by atoms with Crippen LogP contribution in [0.25, 0.3) is 4.96 Å². The molecule has 0 aliphatic carbocycles. The van der Waals surface area contributed by atoms with Crippen LogP contribution in [0.15, 0.2) is 48.1 Å². The molecular formula is C12H9BrN6O3S2. The molecule has 2 N–H and O–H groups in total. The Bertz CT molecular complexity index is 1120. The van der Waals surface area contributed by atoms with Gasteiger partial charge in [0.05, 0.1) is 11.4 Å². The minimum atomic E-state index is -4.02. The van der Waals surface area contributed by atoms with Crippen LogP contribution < -0.4 is 10.7 Å². The van der Waals surface area contributed by atoms with E-state index in [9.17, 15) is 13.2 Å². The molecule has 0 radical (unpaired) electrons. The predicted octanol–water partition coefficient (Wildman–Crippen LogP) is 2.28. The summed E-state index contributed by atoms with van der Waals surface area (Å²) < 4.78 is 24.1. The molecule has 0 fully saturated rings. The topological polar surface area (TPSA) is 132 Å². The predicted molar refractivity (Wildman–Crippen MR) is 91.6 cm³/mol. The van der Waals surface area contributed by atoms with Gasteiger partial charge in [0.15, 0.2) is 5.69 Å². The third kappa shape index (κ3) is 3.26. The second kappa shape index (κ2) is 6.12. The molecule has 0 aliphatic heterocycles. The summed E-state index contributed by atoms with van der Waals surface area (Å²) in [5.41, 5.74) is 0.210. The number of azo groups is 1. The highest BCUT2D eigenvalue weighted by atomic mass is 79.9. The first-order valence-electron chi connectivity index (χ1n) is 6.36. The van der Waals surface area contributed by atoms with Crippen LogP contribution in [0.5, 0.6) is 0 Å². The molecule has 24 heavy (non-hydrogen) atoms. The standard InChI is InChI=1S/C12H9BrN6O3S2/c1-6-9(17-16-8-4-2-7(13)3-5-8)10(20)19-11(15-6)23-12(18-19)24(14,21)22/h2-5H,1H3,(H2,14,21,22). The maximum atomic E-state index is 12.4. The fourth-order valence-electron chi connectivity index (χ4n) is 1.77. The first-order valence-corrected chi connectivity index (χ1v) is 9.52. The van der Waals surface area contributed by atoms with Crippen LogP contribution in [0.4, 0.5) is 11.4 Å². The number of rotatable bonds is 3. The van der Waals surface area contributed by atoms with Gasteiger partial charge in [-0.2, -0.15) is 9.63 Å². The van der Waals surface area contributed by atoms with Gasteiger partial charge >= 0.3 is 5.56 Å². The molecule has 0 aliphatic rings. The SMILES string of the molecule is Cc1nc2sc(S(N)(=O)=O)nn2c(=O)c1N=Nc1ccc(Br)cc1. The second-order valence-electron chi connectivity index (χ2n) is 4.63.